The van der Waals surface area contributed by atoms with Crippen molar-refractivity contribution < 1.29 is 62.2 Å². The van der Waals surface area contributed by atoms with Crippen molar-refractivity contribution in [1.82, 2.24) is 0 Å². The van der Waals surface area contributed by atoms with E-state index >= 15 is 0 Å². The minimum absolute atomic E-state index is 0. The van der Waals surface area contributed by atoms with Crippen molar-refractivity contribution in [3.05, 3.63) is 35.9 Å². The average Bonchev–Trinajstić information content (AvgIpc) is 3.13. The molecule has 2 N–H and O–H groups in total. The number of hydrogen-bond donors (Lipinski definition) is 1. The number of hydrogen-bond acceptors (Lipinski definition) is 5. The summed E-state index contributed by atoms with van der Waals surface area (Å²) in [4.78, 5) is 20.3. The Balaban J connectivity index is 0.000000522. The first-order valence-electron chi connectivity index (χ1n) is 6.42. The quantitative estimate of drug-likeness (QED) is 0.495. The minimum Gasteiger partial charge on any atom is -0.542 e. The molecule has 0 radical (unpaired) electrons. The third kappa shape index (κ3) is 6.14. The number of alkyl halides is 3. The third-order valence-electron chi connectivity index (χ3n) is 3.09. The maximum atomic E-state index is 11.6. The van der Waals surface area contributed by atoms with E-state index in [4.69, 9.17) is 20.4 Å². The molecular formula is C14H15F3NNaO4. The van der Waals surface area contributed by atoms with Crippen LogP contribution in [-0.4, -0.2) is 30.3 Å². The average molecular weight is 341 g/mol. The maximum Gasteiger partial charge on any atom is 1.00 e. The number of halogens is 3. The van der Waals surface area contributed by atoms with Crippen LogP contribution >= 0.6 is 0 Å². The number of nitrogens with two attached hydrogens (primary N) is 1. The van der Waals surface area contributed by atoms with Gasteiger partial charge in [0.15, 0.2) is 0 Å². The van der Waals surface area contributed by atoms with Gasteiger partial charge in [0.05, 0.1) is 6.61 Å². The van der Waals surface area contributed by atoms with Gasteiger partial charge in [0.1, 0.15) is 11.5 Å². The van der Waals surface area contributed by atoms with Gasteiger partial charge in [-0.3, -0.25) is 4.79 Å². The molecule has 1 saturated carbocycles. The zero-order chi connectivity index (χ0) is 17.0. The van der Waals surface area contributed by atoms with E-state index in [2.05, 4.69) is 0 Å². The van der Waals surface area contributed by atoms with Crippen LogP contribution in [0.4, 0.5) is 13.2 Å². The van der Waals surface area contributed by atoms with E-state index in [0.29, 0.717) is 13.0 Å². The van der Waals surface area contributed by atoms with E-state index in [-0.39, 0.29) is 41.4 Å². The molecule has 0 amide bonds. The van der Waals surface area contributed by atoms with E-state index in [1.807, 2.05) is 30.3 Å². The molecule has 1 aromatic carbocycles. The van der Waals surface area contributed by atoms with Crippen LogP contribution < -0.4 is 40.4 Å². The van der Waals surface area contributed by atoms with Crippen molar-refractivity contribution in [3.63, 3.8) is 0 Å². The summed E-state index contributed by atoms with van der Waals surface area (Å²) in [6.45, 7) is 2.18. The summed E-state index contributed by atoms with van der Waals surface area (Å²) in [7, 11) is 0. The number of esters is 1. The van der Waals surface area contributed by atoms with Crippen LogP contribution in [-0.2, 0) is 14.3 Å². The number of rotatable bonds is 3. The number of carbonyl (C=O) groups is 2. The summed E-state index contributed by atoms with van der Waals surface area (Å²) in [6, 6.07) is 9.86. The monoisotopic (exact) mass is 341 g/mol. The molecule has 5 nitrogen and oxygen atoms in total. The van der Waals surface area contributed by atoms with E-state index < -0.39 is 17.7 Å². The fourth-order valence-corrected chi connectivity index (χ4v) is 1.87. The molecule has 2 atom stereocenters. The van der Waals surface area contributed by atoms with Crippen LogP contribution in [0.1, 0.15) is 24.8 Å². The Morgan fingerprint density at radius 3 is 2.22 bits per heavy atom. The fraction of sp³-hybridized carbons (Fsp3) is 0.429. The normalized spacial score (nSPS) is 22.0. The maximum absolute atomic E-state index is 11.6. The molecular weight excluding hydrogens is 326 g/mol. The van der Waals surface area contributed by atoms with Crippen molar-refractivity contribution in [2.45, 2.75) is 31.0 Å². The van der Waals surface area contributed by atoms with Crippen LogP contribution in [0, 0.1) is 0 Å². The first-order valence-corrected chi connectivity index (χ1v) is 6.42. The Hall–Kier alpha value is -1.09. The molecule has 1 fully saturated rings. The number of ether oxygens (including phenoxy) is 1. The van der Waals surface area contributed by atoms with Crippen LogP contribution in [0.2, 0.25) is 0 Å². The Morgan fingerprint density at radius 1 is 1.35 bits per heavy atom. The van der Waals surface area contributed by atoms with Gasteiger partial charge in [-0.1, -0.05) is 30.3 Å². The van der Waals surface area contributed by atoms with E-state index in [1.54, 1.807) is 6.92 Å². The number of carboxylic acids is 1. The molecule has 9 heteroatoms. The van der Waals surface area contributed by atoms with Crippen LogP contribution in [0.15, 0.2) is 30.3 Å². The molecule has 0 saturated heterocycles. The number of aliphatic carboxylic acids is 1. The van der Waals surface area contributed by atoms with Crippen molar-refractivity contribution in [2.75, 3.05) is 6.61 Å². The molecule has 0 aliphatic heterocycles. The molecule has 0 spiro atoms. The van der Waals surface area contributed by atoms with Gasteiger partial charge in [-0.05, 0) is 18.9 Å². The number of benzene rings is 1. The molecule has 1 aromatic rings. The second-order valence-corrected chi connectivity index (χ2v) is 4.71. The fourth-order valence-electron chi connectivity index (χ4n) is 1.87. The van der Waals surface area contributed by atoms with Gasteiger partial charge in [0.2, 0.25) is 0 Å². The van der Waals surface area contributed by atoms with Crippen LogP contribution in [0.25, 0.3) is 0 Å². The standard InChI is InChI=1S/C12H15NO2.C2HF3O2.Na/c1-2-15-11(14)12(13)8-10(12)9-6-4-3-5-7-9;3-2(4,5)1(6)7;/h3-7,10H,2,8,13H2,1H3;(H,6,7);/q;;+1/p-1/t10-,12+;;/m1../s1. The largest absolute Gasteiger partial charge is 1.00 e. The van der Waals surface area contributed by atoms with Crippen molar-refractivity contribution in [2.24, 2.45) is 5.73 Å². The van der Waals surface area contributed by atoms with Crippen molar-refractivity contribution in [3.8, 4) is 0 Å². The summed E-state index contributed by atoms with van der Waals surface area (Å²) in [5.74, 6) is -3.16. The Morgan fingerprint density at radius 2 is 1.83 bits per heavy atom. The summed E-state index contributed by atoms with van der Waals surface area (Å²) in [5.41, 5.74) is 6.32. The predicted octanol–water partition coefficient (Wildman–Crippen LogP) is -2.26. The molecule has 2 rings (SSSR count). The Bertz CT molecular complexity index is 539. The summed E-state index contributed by atoms with van der Waals surface area (Å²) >= 11 is 0. The van der Waals surface area contributed by atoms with Crippen LogP contribution in [0.5, 0.6) is 0 Å². The molecule has 0 heterocycles. The Kier molecular flexibility index (Phi) is 8.26. The van der Waals surface area contributed by atoms with Crippen LogP contribution in [0.3, 0.4) is 0 Å². The first-order chi connectivity index (χ1) is 10.1. The van der Waals surface area contributed by atoms with Gasteiger partial charge < -0.3 is 20.4 Å². The first kappa shape index (κ1) is 21.9. The summed E-state index contributed by atoms with van der Waals surface area (Å²) in [6.07, 6.45) is -4.50. The molecule has 0 unspecified atom stereocenters. The zero-order valence-corrected chi connectivity index (χ0v) is 14.7. The van der Waals surface area contributed by atoms with E-state index in [0.717, 1.165) is 5.56 Å². The molecule has 1 aliphatic rings. The minimum atomic E-state index is -5.19. The van der Waals surface area contributed by atoms with Gasteiger partial charge in [-0.15, -0.1) is 0 Å². The smallest absolute Gasteiger partial charge is 0.542 e. The molecule has 0 aromatic heterocycles. The second-order valence-electron chi connectivity index (χ2n) is 4.71. The van der Waals surface area contributed by atoms with Gasteiger partial charge >= 0.3 is 41.7 Å². The summed E-state index contributed by atoms with van der Waals surface area (Å²) in [5, 5.41) is 8.78. The van der Waals surface area contributed by atoms with Gasteiger partial charge in [-0.25, -0.2) is 0 Å². The van der Waals surface area contributed by atoms with Crippen molar-refractivity contribution >= 4 is 11.9 Å². The SMILES string of the molecule is CCOC(=O)[C@]1(N)C[C@@H]1c1ccccc1.O=C([O-])C(F)(F)F.[Na+]. The Labute approximate surface area is 153 Å². The predicted molar refractivity (Wildman–Crippen MR) is 68.4 cm³/mol. The van der Waals surface area contributed by atoms with Gasteiger partial charge in [0, 0.05) is 5.92 Å². The number of carbonyl (C=O) groups excluding carboxylic acids is 2. The second kappa shape index (κ2) is 8.68. The van der Waals surface area contributed by atoms with Gasteiger partial charge in [0.25, 0.3) is 0 Å². The molecule has 1 aliphatic carbocycles. The molecule has 23 heavy (non-hydrogen) atoms. The van der Waals surface area contributed by atoms with E-state index in [1.165, 1.54) is 0 Å². The third-order valence-corrected chi connectivity index (χ3v) is 3.09. The molecule has 122 valence electrons. The zero-order valence-electron chi connectivity index (χ0n) is 12.7. The van der Waals surface area contributed by atoms with Gasteiger partial charge in [-0.2, -0.15) is 13.2 Å². The van der Waals surface area contributed by atoms with Crippen molar-refractivity contribution in [1.29, 1.82) is 0 Å². The number of carboxylic acid groups (broad SMARTS) is 1. The topological polar surface area (TPSA) is 92.5 Å². The summed E-state index contributed by atoms with van der Waals surface area (Å²) < 4.78 is 36.5. The van der Waals surface area contributed by atoms with E-state index in [9.17, 15) is 18.0 Å². The molecule has 0 bridgehead atoms.